The maximum atomic E-state index is 5.27. The summed E-state index contributed by atoms with van der Waals surface area (Å²) in [6, 6.07) is 6.15. The molecule has 1 fully saturated rings. The zero-order valence-electron chi connectivity index (χ0n) is 11.0. The lowest BCUT2D eigenvalue weighted by atomic mass is 10.3. The minimum atomic E-state index is 0.599. The number of nitrogens with zero attached hydrogens (tertiary/aromatic N) is 3. The lowest BCUT2D eigenvalue weighted by Crippen LogP contribution is -1.99. The topological polar surface area (TPSA) is 77.0 Å². The van der Waals surface area contributed by atoms with E-state index in [0.29, 0.717) is 23.3 Å². The minimum Gasteiger partial charge on any atom is -0.461 e. The van der Waals surface area contributed by atoms with Gasteiger partial charge in [-0.3, -0.25) is 0 Å². The van der Waals surface area contributed by atoms with Gasteiger partial charge in [-0.1, -0.05) is 28.3 Å². The molecule has 21 heavy (non-hydrogen) atoms. The molecule has 0 aliphatic heterocycles. The number of hydrogen-bond donors (Lipinski definition) is 1. The number of thioether (sulfide) groups is 1. The van der Waals surface area contributed by atoms with Crippen LogP contribution in [-0.2, 0) is 5.75 Å². The predicted octanol–water partition coefficient (Wildman–Crippen LogP) is 3.65. The highest BCUT2D eigenvalue weighted by Gasteiger charge is 2.22. The summed E-state index contributed by atoms with van der Waals surface area (Å²) in [5.41, 5.74) is 0.860. The Morgan fingerprint density at radius 3 is 3.10 bits per heavy atom. The summed E-state index contributed by atoms with van der Waals surface area (Å²) in [6.07, 6.45) is 4.08. The highest BCUT2D eigenvalue weighted by molar-refractivity contribution is 8.00. The van der Waals surface area contributed by atoms with E-state index in [2.05, 4.69) is 20.7 Å². The summed E-state index contributed by atoms with van der Waals surface area (Å²) in [7, 11) is 0. The van der Waals surface area contributed by atoms with Gasteiger partial charge in [0, 0.05) is 17.9 Å². The summed E-state index contributed by atoms with van der Waals surface area (Å²) < 4.78 is 11.5. The molecule has 0 bridgehead atoms. The molecule has 1 N–H and O–H groups in total. The Kier molecular flexibility index (Phi) is 3.40. The average molecular weight is 320 g/mol. The molecule has 1 saturated carbocycles. The highest BCUT2D eigenvalue weighted by atomic mass is 32.2. The molecule has 1 aliphatic carbocycles. The molecule has 0 aromatic carbocycles. The van der Waals surface area contributed by atoms with Gasteiger partial charge in [-0.05, 0) is 25.0 Å². The van der Waals surface area contributed by atoms with Gasteiger partial charge < -0.3 is 14.3 Å². The molecular weight excluding hydrogens is 308 g/mol. The fraction of sp³-hybridized carbons (Fsp3) is 0.308. The SMILES string of the molecule is c1coc(-c2cc(CSc3nnc(NC4CC4)s3)no2)c1. The van der Waals surface area contributed by atoms with E-state index in [0.717, 1.165) is 15.2 Å². The lowest BCUT2D eigenvalue weighted by Gasteiger charge is -1.94. The molecule has 0 saturated heterocycles. The van der Waals surface area contributed by atoms with Crippen molar-refractivity contribution in [2.75, 3.05) is 5.32 Å². The summed E-state index contributed by atoms with van der Waals surface area (Å²) in [5, 5.41) is 16.6. The number of aromatic nitrogens is 3. The first-order valence-corrected chi connectivity index (χ1v) is 8.39. The summed E-state index contributed by atoms with van der Waals surface area (Å²) in [6.45, 7) is 0. The number of rotatable bonds is 6. The van der Waals surface area contributed by atoms with Crippen LogP contribution in [-0.4, -0.2) is 21.4 Å². The molecular formula is C13H12N4O2S2. The van der Waals surface area contributed by atoms with Crippen LogP contribution in [0.5, 0.6) is 0 Å². The van der Waals surface area contributed by atoms with E-state index in [1.165, 1.54) is 12.8 Å². The Hall–Kier alpha value is -1.80. The van der Waals surface area contributed by atoms with E-state index in [4.69, 9.17) is 8.94 Å². The van der Waals surface area contributed by atoms with Crippen molar-refractivity contribution in [1.29, 1.82) is 0 Å². The second kappa shape index (κ2) is 5.53. The first-order chi connectivity index (χ1) is 10.4. The largest absolute Gasteiger partial charge is 0.461 e. The van der Waals surface area contributed by atoms with Gasteiger partial charge in [0.25, 0.3) is 0 Å². The number of nitrogens with one attached hydrogen (secondary N) is 1. The van der Waals surface area contributed by atoms with Crippen LogP contribution in [0.25, 0.3) is 11.5 Å². The fourth-order valence-corrected chi connectivity index (χ4v) is 3.49. The van der Waals surface area contributed by atoms with E-state index >= 15 is 0 Å². The van der Waals surface area contributed by atoms with Crippen molar-refractivity contribution >= 4 is 28.2 Å². The maximum Gasteiger partial charge on any atom is 0.206 e. The van der Waals surface area contributed by atoms with E-state index in [-0.39, 0.29) is 0 Å². The van der Waals surface area contributed by atoms with Crippen LogP contribution in [0.2, 0.25) is 0 Å². The normalized spacial score (nSPS) is 14.5. The summed E-state index contributed by atoms with van der Waals surface area (Å²) in [4.78, 5) is 0. The van der Waals surface area contributed by atoms with Gasteiger partial charge >= 0.3 is 0 Å². The number of furan rings is 1. The number of anilines is 1. The van der Waals surface area contributed by atoms with E-state index < -0.39 is 0 Å². The van der Waals surface area contributed by atoms with Gasteiger partial charge in [0.15, 0.2) is 10.1 Å². The molecule has 0 unspecified atom stereocenters. The van der Waals surface area contributed by atoms with Crippen molar-refractivity contribution in [1.82, 2.24) is 15.4 Å². The molecule has 108 valence electrons. The number of hydrogen-bond acceptors (Lipinski definition) is 8. The Bertz CT molecular complexity index is 718. The van der Waals surface area contributed by atoms with Crippen LogP contribution in [0.15, 0.2) is 37.7 Å². The first-order valence-electron chi connectivity index (χ1n) is 6.59. The smallest absolute Gasteiger partial charge is 0.206 e. The molecule has 6 nitrogen and oxygen atoms in total. The molecule has 0 spiro atoms. The van der Waals surface area contributed by atoms with Crippen molar-refractivity contribution in [3.63, 3.8) is 0 Å². The lowest BCUT2D eigenvalue weighted by molar-refractivity contribution is 0.413. The van der Waals surface area contributed by atoms with E-state index in [1.807, 2.05) is 18.2 Å². The molecule has 1 aliphatic rings. The quantitative estimate of drug-likeness (QED) is 0.694. The minimum absolute atomic E-state index is 0.599. The third-order valence-electron chi connectivity index (χ3n) is 2.98. The van der Waals surface area contributed by atoms with Gasteiger partial charge in [0.1, 0.15) is 0 Å². The Labute approximate surface area is 128 Å². The van der Waals surface area contributed by atoms with E-state index in [1.54, 1.807) is 29.4 Å². The molecule has 3 aromatic rings. The van der Waals surface area contributed by atoms with Gasteiger partial charge in [-0.25, -0.2) is 0 Å². The zero-order chi connectivity index (χ0) is 14.1. The van der Waals surface area contributed by atoms with E-state index in [9.17, 15) is 0 Å². The van der Waals surface area contributed by atoms with Crippen molar-refractivity contribution in [3.8, 4) is 11.5 Å². The van der Waals surface area contributed by atoms with Crippen LogP contribution in [0.4, 0.5) is 5.13 Å². The monoisotopic (exact) mass is 320 g/mol. The van der Waals surface area contributed by atoms with Crippen LogP contribution >= 0.6 is 23.1 Å². The van der Waals surface area contributed by atoms with Crippen LogP contribution in [0.1, 0.15) is 18.5 Å². The molecule has 3 heterocycles. The fourth-order valence-electron chi connectivity index (χ4n) is 1.78. The van der Waals surface area contributed by atoms with Crippen molar-refractivity contribution in [3.05, 3.63) is 30.2 Å². The Morgan fingerprint density at radius 1 is 1.33 bits per heavy atom. The molecule has 0 amide bonds. The van der Waals surface area contributed by atoms with Gasteiger partial charge in [0.2, 0.25) is 10.9 Å². The zero-order valence-corrected chi connectivity index (χ0v) is 12.6. The molecule has 0 radical (unpaired) electrons. The molecule has 8 heteroatoms. The molecule has 0 atom stereocenters. The average Bonchev–Trinajstić information content (AvgIpc) is 2.94. The standard InChI is InChI=1S/C13H12N4O2S2/c1-2-10(18-5-1)11-6-9(17-19-11)7-20-13-16-15-12(21-13)14-8-3-4-8/h1-2,5-6,8H,3-4,7H2,(H,14,15). The molecule has 4 rings (SSSR count). The van der Waals surface area contributed by atoms with Crippen LogP contribution in [0, 0.1) is 0 Å². The van der Waals surface area contributed by atoms with Crippen LogP contribution in [0.3, 0.4) is 0 Å². The van der Waals surface area contributed by atoms with Crippen molar-refractivity contribution in [2.24, 2.45) is 0 Å². The first kappa shape index (κ1) is 12.9. The Balaban J connectivity index is 1.36. The maximum absolute atomic E-state index is 5.27. The summed E-state index contributed by atoms with van der Waals surface area (Å²) >= 11 is 3.18. The van der Waals surface area contributed by atoms with Gasteiger partial charge in [-0.15, -0.1) is 10.2 Å². The summed E-state index contributed by atoms with van der Waals surface area (Å²) in [5.74, 6) is 2.02. The Morgan fingerprint density at radius 2 is 2.29 bits per heavy atom. The molecule has 3 aromatic heterocycles. The van der Waals surface area contributed by atoms with Gasteiger partial charge in [-0.2, -0.15) is 0 Å². The third kappa shape index (κ3) is 3.11. The highest BCUT2D eigenvalue weighted by Crippen LogP contribution is 2.32. The predicted molar refractivity (Wildman–Crippen MR) is 80.3 cm³/mol. The van der Waals surface area contributed by atoms with Crippen LogP contribution < -0.4 is 5.32 Å². The van der Waals surface area contributed by atoms with Gasteiger partial charge in [0.05, 0.1) is 12.0 Å². The van der Waals surface area contributed by atoms with Crippen molar-refractivity contribution in [2.45, 2.75) is 29.0 Å². The third-order valence-corrected chi connectivity index (χ3v) is 5.00. The second-order valence-electron chi connectivity index (χ2n) is 4.74. The van der Waals surface area contributed by atoms with Crippen molar-refractivity contribution < 1.29 is 8.94 Å². The second-order valence-corrected chi connectivity index (χ2v) is 6.94.